The maximum absolute atomic E-state index is 13.0. The number of allylic oxidation sites excluding steroid dienone is 1. The van der Waals surface area contributed by atoms with Gasteiger partial charge >= 0.3 is 7.60 Å². The Morgan fingerprint density at radius 2 is 1.74 bits per heavy atom. The molecule has 0 bridgehead atoms. The summed E-state index contributed by atoms with van der Waals surface area (Å²) in [5, 5.41) is 0. The quantitative estimate of drug-likeness (QED) is 0.408. The first kappa shape index (κ1) is 19.0. The van der Waals surface area contributed by atoms with Crippen LogP contribution in [-0.4, -0.2) is 23.0 Å². The van der Waals surface area contributed by atoms with Crippen LogP contribution in [0.25, 0.3) is 0 Å². The first-order chi connectivity index (χ1) is 8.71. The van der Waals surface area contributed by atoms with E-state index in [1.54, 1.807) is 17.8 Å². The normalized spacial score (nSPS) is 13.8. The molecule has 0 N–H and O–H groups in total. The molecule has 1 atom stereocenters. The molecule has 0 spiro atoms. The third-order valence-corrected chi connectivity index (χ3v) is 6.76. The van der Waals surface area contributed by atoms with Crippen molar-refractivity contribution in [3.8, 4) is 0 Å². The van der Waals surface area contributed by atoms with Gasteiger partial charge in [0, 0.05) is 5.75 Å². The molecule has 0 fully saturated rings. The molecule has 0 saturated carbocycles. The lowest BCUT2D eigenvalue weighted by Gasteiger charge is -2.29. The van der Waals surface area contributed by atoms with Gasteiger partial charge in [-0.2, -0.15) is 0 Å². The molecule has 0 aromatic rings. The van der Waals surface area contributed by atoms with Gasteiger partial charge < -0.3 is 9.05 Å². The van der Waals surface area contributed by atoms with Gasteiger partial charge in [0.2, 0.25) is 0 Å². The van der Waals surface area contributed by atoms with Crippen molar-refractivity contribution in [2.45, 2.75) is 58.2 Å². The first-order valence-corrected chi connectivity index (χ1v) is 9.20. The topological polar surface area (TPSA) is 35.5 Å². The summed E-state index contributed by atoms with van der Waals surface area (Å²) in [6, 6.07) is 0. The highest BCUT2D eigenvalue weighted by molar-refractivity contribution is 8.05. The van der Waals surface area contributed by atoms with Crippen LogP contribution in [0.3, 0.4) is 0 Å². The van der Waals surface area contributed by atoms with Crippen molar-refractivity contribution < 1.29 is 13.6 Å². The average Bonchev–Trinajstić information content (AvgIpc) is 2.21. The number of rotatable bonds is 10. The van der Waals surface area contributed by atoms with Crippen LogP contribution in [0.4, 0.5) is 0 Å². The van der Waals surface area contributed by atoms with E-state index in [-0.39, 0.29) is 17.2 Å². The third-order valence-electron chi connectivity index (χ3n) is 1.96. The fraction of sp³-hybridized carbons (Fsp3) is 0.714. The minimum atomic E-state index is -3.16. The van der Waals surface area contributed by atoms with E-state index in [1.165, 1.54) is 0 Å². The highest BCUT2D eigenvalue weighted by Gasteiger charge is 2.37. The molecule has 0 saturated heterocycles. The second-order valence-corrected chi connectivity index (χ2v) is 8.76. The van der Waals surface area contributed by atoms with E-state index in [2.05, 4.69) is 13.2 Å². The second kappa shape index (κ2) is 9.02. The average molecular weight is 306 g/mol. The molecule has 0 aliphatic rings. The van der Waals surface area contributed by atoms with Crippen LogP contribution in [0, 0.1) is 0 Å². The lowest BCUT2D eigenvalue weighted by molar-refractivity contribution is 0.141. The van der Waals surface area contributed by atoms with Crippen molar-refractivity contribution in [2.24, 2.45) is 0 Å². The summed E-state index contributed by atoms with van der Waals surface area (Å²) in [6.07, 6.45) is 2.08. The minimum Gasteiger partial charge on any atom is -0.305 e. The Morgan fingerprint density at radius 3 is 2.05 bits per heavy atom. The van der Waals surface area contributed by atoms with E-state index in [9.17, 15) is 4.57 Å². The van der Waals surface area contributed by atoms with Gasteiger partial charge in [-0.3, -0.25) is 4.57 Å². The van der Waals surface area contributed by atoms with Gasteiger partial charge in [0.1, 0.15) is 4.99 Å². The number of hydrogen-bond acceptors (Lipinski definition) is 4. The van der Waals surface area contributed by atoms with Crippen molar-refractivity contribution in [1.29, 1.82) is 0 Å². The predicted molar refractivity (Wildman–Crippen MR) is 85.9 cm³/mol. The summed E-state index contributed by atoms with van der Waals surface area (Å²) < 4.78 is 24.3. The Kier molecular flexibility index (Phi) is 9.01. The number of hydrogen-bond donors (Lipinski definition) is 0. The largest absolute Gasteiger partial charge is 0.344 e. The SMILES string of the molecule is C=CCC(SCC(=C)C)P(=O)(OC(C)C)OC(C)C. The van der Waals surface area contributed by atoms with Crippen molar-refractivity contribution >= 4 is 19.4 Å². The van der Waals surface area contributed by atoms with E-state index >= 15 is 0 Å². The second-order valence-electron chi connectivity index (χ2n) is 5.10. The van der Waals surface area contributed by atoms with Crippen molar-refractivity contribution in [3.63, 3.8) is 0 Å². The Hall–Kier alpha value is -0.0200. The van der Waals surface area contributed by atoms with E-state index in [0.717, 1.165) is 11.3 Å². The van der Waals surface area contributed by atoms with Gasteiger partial charge in [0.05, 0.1) is 12.2 Å². The van der Waals surface area contributed by atoms with E-state index in [0.29, 0.717) is 6.42 Å². The minimum absolute atomic E-state index is 0.137. The molecular weight excluding hydrogens is 279 g/mol. The summed E-state index contributed by atoms with van der Waals surface area (Å²) >= 11 is 1.56. The van der Waals surface area contributed by atoms with Crippen LogP contribution < -0.4 is 0 Å². The fourth-order valence-electron chi connectivity index (χ4n) is 1.42. The van der Waals surface area contributed by atoms with Crippen LogP contribution in [0.2, 0.25) is 0 Å². The van der Waals surface area contributed by atoms with Gasteiger partial charge in [-0.05, 0) is 41.0 Å². The monoisotopic (exact) mass is 306 g/mol. The zero-order valence-corrected chi connectivity index (χ0v) is 14.4. The van der Waals surface area contributed by atoms with Crippen molar-refractivity contribution in [2.75, 3.05) is 5.75 Å². The van der Waals surface area contributed by atoms with Crippen LogP contribution in [0.5, 0.6) is 0 Å². The van der Waals surface area contributed by atoms with Crippen molar-refractivity contribution in [3.05, 3.63) is 24.8 Å². The van der Waals surface area contributed by atoms with Gasteiger partial charge in [-0.25, -0.2) is 0 Å². The highest BCUT2D eigenvalue weighted by atomic mass is 32.2. The fourth-order valence-corrected chi connectivity index (χ4v) is 5.32. The molecule has 1 unspecified atom stereocenters. The molecule has 0 aromatic carbocycles. The van der Waals surface area contributed by atoms with Gasteiger partial charge in [-0.1, -0.05) is 18.2 Å². The van der Waals surface area contributed by atoms with E-state index in [1.807, 2.05) is 34.6 Å². The molecule has 0 amide bonds. The highest BCUT2D eigenvalue weighted by Crippen LogP contribution is 2.60. The zero-order valence-electron chi connectivity index (χ0n) is 12.7. The van der Waals surface area contributed by atoms with E-state index in [4.69, 9.17) is 9.05 Å². The molecule has 0 aliphatic heterocycles. The molecule has 0 radical (unpaired) electrons. The predicted octanol–water partition coefficient (Wildman–Crippen LogP) is 5.24. The van der Waals surface area contributed by atoms with Gasteiger partial charge in [-0.15, -0.1) is 18.3 Å². The number of thioether (sulfide) groups is 1. The molecular formula is C14H27O3PS. The molecule has 0 aromatic heterocycles. The first-order valence-electron chi connectivity index (χ1n) is 6.54. The molecule has 0 rings (SSSR count). The van der Waals surface area contributed by atoms with E-state index < -0.39 is 7.60 Å². The van der Waals surface area contributed by atoms with Crippen LogP contribution in [-0.2, 0) is 13.6 Å². The summed E-state index contributed by atoms with van der Waals surface area (Å²) in [5.41, 5.74) is 1.04. The molecule has 5 heteroatoms. The van der Waals surface area contributed by atoms with Crippen LogP contribution in [0.1, 0.15) is 41.0 Å². The molecule has 112 valence electrons. The summed E-state index contributed by atoms with van der Waals surface area (Å²) in [6.45, 7) is 17.0. The molecule has 19 heavy (non-hydrogen) atoms. The third kappa shape index (κ3) is 7.98. The summed E-state index contributed by atoms with van der Waals surface area (Å²) in [4.78, 5) is -0.230. The Bertz CT molecular complexity index is 326. The van der Waals surface area contributed by atoms with Crippen molar-refractivity contribution in [1.82, 2.24) is 0 Å². The zero-order chi connectivity index (χ0) is 15.1. The summed E-state index contributed by atoms with van der Waals surface area (Å²) in [5.74, 6) is 0.741. The maximum Gasteiger partial charge on any atom is 0.344 e. The van der Waals surface area contributed by atoms with Crippen LogP contribution in [0.15, 0.2) is 24.8 Å². The molecule has 3 nitrogen and oxygen atoms in total. The van der Waals surface area contributed by atoms with Gasteiger partial charge in [0.15, 0.2) is 0 Å². The Morgan fingerprint density at radius 1 is 1.26 bits per heavy atom. The smallest absolute Gasteiger partial charge is 0.305 e. The standard InChI is InChI=1S/C14H27O3PS/c1-8-9-14(19-10-11(2)3)18(15,16-12(4)5)17-13(6)7/h8,12-14H,1-2,9-10H2,3-7H3. The Balaban J connectivity index is 5.04. The molecule has 0 aliphatic carbocycles. The van der Waals surface area contributed by atoms with Gasteiger partial charge in [0.25, 0.3) is 0 Å². The van der Waals surface area contributed by atoms with Crippen LogP contribution >= 0.6 is 19.4 Å². The Labute approximate surface area is 122 Å². The lowest BCUT2D eigenvalue weighted by atomic mass is 10.4. The molecule has 0 heterocycles. The maximum atomic E-state index is 13.0. The lowest BCUT2D eigenvalue weighted by Crippen LogP contribution is -2.16. The summed E-state index contributed by atoms with van der Waals surface area (Å²) in [7, 11) is -3.16.